The molecule has 0 N–H and O–H groups in total. The highest BCUT2D eigenvalue weighted by Gasteiger charge is 2.43. The zero-order chi connectivity index (χ0) is 13.8. The SMILES string of the molecule is C=CCN1C[C@@H](OCc2ccncc2)[C@H]2OCCC[C@H]21. The molecule has 1 aromatic heterocycles. The number of likely N-dealkylation sites (tertiary alicyclic amines) is 1. The fourth-order valence-corrected chi connectivity index (χ4v) is 3.21. The van der Waals surface area contributed by atoms with Gasteiger partial charge in [-0.1, -0.05) is 6.08 Å². The van der Waals surface area contributed by atoms with Gasteiger partial charge in [-0.15, -0.1) is 6.58 Å². The van der Waals surface area contributed by atoms with Gasteiger partial charge in [-0.25, -0.2) is 0 Å². The minimum absolute atomic E-state index is 0.161. The summed E-state index contributed by atoms with van der Waals surface area (Å²) < 4.78 is 12.1. The molecule has 2 aliphatic heterocycles. The number of nitrogens with zero attached hydrogens (tertiary/aromatic N) is 2. The Hall–Kier alpha value is -1.23. The third kappa shape index (κ3) is 2.92. The Bertz CT molecular complexity index is 437. The molecule has 2 fully saturated rings. The number of hydrogen-bond acceptors (Lipinski definition) is 4. The second-order valence-corrected chi connectivity index (χ2v) is 5.49. The van der Waals surface area contributed by atoms with E-state index in [0.29, 0.717) is 12.6 Å². The van der Waals surface area contributed by atoms with Crippen LogP contribution in [0.1, 0.15) is 18.4 Å². The van der Waals surface area contributed by atoms with Gasteiger partial charge in [0.2, 0.25) is 0 Å². The Morgan fingerprint density at radius 1 is 1.45 bits per heavy atom. The molecule has 20 heavy (non-hydrogen) atoms. The molecule has 0 amide bonds. The Morgan fingerprint density at radius 2 is 2.30 bits per heavy atom. The quantitative estimate of drug-likeness (QED) is 0.769. The lowest BCUT2D eigenvalue weighted by molar-refractivity contribution is -0.0814. The van der Waals surface area contributed by atoms with Crippen LogP contribution < -0.4 is 0 Å². The van der Waals surface area contributed by atoms with E-state index in [-0.39, 0.29) is 12.2 Å². The van der Waals surface area contributed by atoms with Crippen LogP contribution in [0.15, 0.2) is 37.2 Å². The van der Waals surface area contributed by atoms with Crippen LogP contribution in [0.2, 0.25) is 0 Å². The summed E-state index contributed by atoms with van der Waals surface area (Å²) in [6.07, 6.45) is 8.30. The second kappa shape index (κ2) is 6.48. The number of pyridine rings is 1. The third-order valence-corrected chi connectivity index (χ3v) is 4.16. The highest BCUT2D eigenvalue weighted by molar-refractivity contribution is 5.08. The monoisotopic (exact) mass is 274 g/mol. The highest BCUT2D eigenvalue weighted by Crippen LogP contribution is 2.30. The lowest BCUT2D eigenvalue weighted by Gasteiger charge is -2.31. The van der Waals surface area contributed by atoms with E-state index in [9.17, 15) is 0 Å². The topological polar surface area (TPSA) is 34.6 Å². The van der Waals surface area contributed by atoms with Crippen molar-refractivity contribution < 1.29 is 9.47 Å². The zero-order valence-corrected chi connectivity index (χ0v) is 11.8. The largest absolute Gasteiger partial charge is 0.374 e. The zero-order valence-electron chi connectivity index (χ0n) is 11.8. The predicted octanol–water partition coefficient (Wildman–Crippen LogP) is 2.02. The average Bonchev–Trinajstić information content (AvgIpc) is 2.85. The van der Waals surface area contributed by atoms with Gasteiger partial charge in [-0.2, -0.15) is 0 Å². The van der Waals surface area contributed by atoms with Crippen molar-refractivity contribution in [3.63, 3.8) is 0 Å². The van der Waals surface area contributed by atoms with Crippen molar-refractivity contribution in [3.05, 3.63) is 42.7 Å². The minimum Gasteiger partial charge on any atom is -0.374 e. The van der Waals surface area contributed by atoms with Crippen LogP contribution >= 0.6 is 0 Å². The first-order chi connectivity index (χ1) is 9.88. The summed E-state index contributed by atoms with van der Waals surface area (Å²) in [4.78, 5) is 6.47. The van der Waals surface area contributed by atoms with E-state index in [1.165, 1.54) is 6.42 Å². The normalized spacial score (nSPS) is 30.1. The maximum absolute atomic E-state index is 6.11. The van der Waals surface area contributed by atoms with Crippen molar-refractivity contribution in [2.24, 2.45) is 0 Å². The summed E-state index contributed by atoms with van der Waals surface area (Å²) in [5, 5.41) is 0. The van der Waals surface area contributed by atoms with Gasteiger partial charge in [0.05, 0.1) is 12.7 Å². The van der Waals surface area contributed by atoms with E-state index in [0.717, 1.165) is 31.7 Å². The van der Waals surface area contributed by atoms with Crippen molar-refractivity contribution in [3.8, 4) is 0 Å². The highest BCUT2D eigenvalue weighted by atomic mass is 16.5. The van der Waals surface area contributed by atoms with Gasteiger partial charge in [0, 0.05) is 38.1 Å². The first-order valence-electron chi connectivity index (χ1n) is 7.35. The second-order valence-electron chi connectivity index (χ2n) is 5.49. The Balaban J connectivity index is 1.62. The molecule has 0 saturated carbocycles. The molecule has 0 aromatic carbocycles. The molecule has 4 heteroatoms. The van der Waals surface area contributed by atoms with Crippen LogP contribution in [0.5, 0.6) is 0 Å². The summed E-state index contributed by atoms with van der Waals surface area (Å²) in [6.45, 7) is 7.19. The van der Waals surface area contributed by atoms with Crippen LogP contribution in [-0.2, 0) is 16.1 Å². The first-order valence-corrected chi connectivity index (χ1v) is 7.35. The molecular formula is C16H22N2O2. The molecule has 1 aromatic rings. The molecule has 4 nitrogen and oxygen atoms in total. The van der Waals surface area contributed by atoms with E-state index in [1.54, 1.807) is 12.4 Å². The fourth-order valence-electron chi connectivity index (χ4n) is 3.21. The molecule has 3 atom stereocenters. The van der Waals surface area contributed by atoms with Crippen molar-refractivity contribution >= 4 is 0 Å². The molecular weight excluding hydrogens is 252 g/mol. The molecule has 0 spiro atoms. The van der Waals surface area contributed by atoms with Crippen LogP contribution in [0.25, 0.3) is 0 Å². The van der Waals surface area contributed by atoms with Crippen molar-refractivity contribution in [2.45, 2.75) is 37.7 Å². The van der Waals surface area contributed by atoms with Gasteiger partial charge in [0.25, 0.3) is 0 Å². The summed E-state index contributed by atoms with van der Waals surface area (Å²) in [5.41, 5.74) is 1.16. The van der Waals surface area contributed by atoms with Gasteiger partial charge in [-0.3, -0.25) is 9.88 Å². The summed E-state index contributed by atoms with van der Waals surface area (Å²) >= 11 is 0. The van der Waals surface area contributed by atoms with E-state index in [2.05, 4.69) is 16.5 Å². The molecule has 3 heterocycles. The average molecular weight is 274 g/mol. The van der Waals surface area contributed by atoms with E-state index >= 15 is 0 Å². The van der Waals surface area contributed by atoms with Crippen molar-refractivity contribution in [2.75, 3.05) is 19.7 Å². The van der Waals surface area contributed by atoms with Crippen molar-refractivity contribution in [1.82, 2.24) is 9.88 Å². The fraction of sp³-hybridized carbons (Fsp3) is 0.562. The third-order valence-electron chi connectivity index (χ3n) is 4.16. The standard InChI is InChI=1S/C16H22N2O2/c1-2-9-18-11-15(16-14(18)4-3-10-19-16)20-12-13-5-7-17-8-6-13/h2,5-8,14-16H,1,3-4,9-12H2/t14-,15-,16+/m1/s1. The maximum atomic E-state index is 6.11. The smallest absolute Gasteiger partial charge is 0.100 e. The molecule has 0 unspecified atom stereocenters. The molecule has 0 bridgehead atoms. The number of ether oxygens (including phenoxy) is 2. The number of fused-ring (bicyclic) bond motifs is 1. The summed E-state index contributed by atoms with van der Waals surface area (Å²) in [6, 6.07) is 4.48. The van der Waals surface area contributed by atoms with Gasteiger partial charge in [-0.05, 0) is 30.5 Å². The number of aromatic nitrogens is 1. The maximum Gasteiger partial charge on any atom is 0.100 e. The van der Waals surface area contributed by atoms with Gasteiger partial charge in [0.15, 0.2) is 0 Å². The molecule has 3 rings (SSSR count). The Labute approximate surface area is 120 Å². The van der Waals surface area contributed by atoms with Gasteiger partial charge in [0.1, 0.15) is 6.10 Å². The van der Waals surface area contributed by atoms with E-state index in [1.807, 2.05) is 18.2 Å². The Kier molecular flexibility index (Phi) is 4.45. The number of rotatable bonds is 5. The van der Waals surface area contributed by atoms with Gasteiger partial charge >= 0.3 is 0 Å². The predicted molar refractivity (Wildman–Crippen MR) is 77.3 cm³/mol. The number of hydrogen-bond donors (Lipinski definition) is 0. The summed E-state index contributed by atoms with van der Waals surface area (Å²) in [5.74, 6) is 0. The van der Waals surface area contributed by atoms with E-state index in [4.69, 9.17) is 9.47 Å². The van der Waals surface area contributed by atoms with Crippen LogP contribution in [0.3, 0.4) is 0 Å². The molecule has 0 radical (unpaired) electrons. The Morgan fingerprint density at radius 3 is 3.10 bits per heavy atom. The first kappa shape index (κ1) is 13.7. The van der Waals surface area contributed by atoms with E-state index < -0.39 is 0 Å². The minimum atomic E-state index is 0.161. The summed E-state index contributed by atoms with van der Waals surface area (Å²) in [7, 11) is 0. The lowest BCUT2D eigenvalue weighted by Crippen LogP contribution is -2.41. The molecule has 2 aliphatic rings. The lowest BCUT2D eigenvalue weighted by atomic mass is 10.0. The molecule has 108 valence electrons. The molecule has 0 aliphatic carbocycles. The van der Waals surface area contributed by atoms with Gasteiger partial charge < -0.3 is 9.47 Å². The van der Waals surface area contributed by atoms with Crippen LogP contribution in [-0.4, -0.2) is 47.8 Å². The van der Waals surface area contributed by atoms with Crippen LogP contribution in [0, 0.1) is 0 Å². The molecule has 2 saturated heterocycles. The van der Waals surface area contributed by atoms with Crippen LogP contribution in [0.4, 0.5) is 0 Å². The van der Waals surface area contributed by atoms with Crippen molar-refractivity contribution in [1.29, 1.82) is 0 Å².